The molecular formula is C11H18N2O2. The average Bonchev–Trinajstić information content (AvgIpc) is 2.70. The van der Waals surface area contributed by atoms with E-state index in [0.717, 1.165) is 12.2 Å². The van der Waals surface area contributed by atoms with Crippen LogP contribution >= 0.6 is 0 Å². The molecule has 4 heteroatoms. The summed E-state index contributed by atoms with van der Waals surface area (Å²) >= 11 is 0. The molecule has 1 heterocycles. The molecule has 15 heavy (non-hydrogen) atoms. The molecule has 0 aliphatic heterocycles. The molecule has 0 radical (unpaired) electrons. The van der Waals surface area contributed by atoms with Crippen molar-refractivity contribution >= 4 is 5.91 Å². The van der Waals surface area contributed by atoms with Gasteiger partial charge in [0.05, 0.1) is 11.8 Å². The van der Waals surface area contributed by atoms with E-state index < -0.39 is 5.54 Å². The van der Waals surface area contributed by atoms with Crippen molar-refractivity contribution in [3.05, 3.63) is 24.2 Å². The van der Waals surface area contributed by atoms with Gasteiger partial charge in [-0.15, -0.1) is 0 Å². The molecule has 4 nitrogen and oxygen atoms in total. The van der Waals surface area contributed by atoms with Crippen LogP contribution in [0.25, 0.3) is 0 Å². The monoisotopic (exact) mass is 210 g/mol. The van der Waals surface area contributed by atoms with Crippen LogP contribution in [0, 0.1) is 0 Å². The van der Waals surface area contributed by atoms with Crippen LogP contribution in [0.5, 0.6) is 0 Å². The molecule has 0 spiro atoms. The first-order chi connectivity index (χ1) is 7.06. The van der Waals surface area contributed by atoms with Crippen LogP contribution in [0.3, 0.4) is 0 Å². The molecule has 0 unspecified atom stereocenters. The van der Waals surface area contributed by atoms with Crippen molar-refractivity contribution in [3.63, 3.8) is 0 Å². The van der Waals surface area contributed by atoms with Gasteiger partial charge in [-0.05, 0) is 33.0 Å². The van der Waals surface area contributed by atoms with E-state index >= 15 is 0 Å². The van der Waals surface area contributed by atoms with Gasteiger partial charge in [0.1, 0.15) is 5.76 Å². The van der Waals surface area contributed by atoms with E-state index in [9.17, 15) is 4.79 Å². The van der Waals surface area contributed by atoms with Gasteiger partial charge in [-0.1, -0.05) is 0 Å². The average molecular weight is 210 g/mol. The highest BCUT2D eigenvalue weighted by atomic mass is 16.3. The van der Waals surface area contributed by atoms with Crippen molar-refractivity contribution < 1.29 is 9.21 Å². The van der Waals surface area contributed by atoms with Crippen LogP contribution in [0.2, 0.25) is 0 Å². The molecule has 0 bridgehead atoms. The number of furan rings is 1. The van der Waals surface area contributed by atoms with Gasteiger partial charge < -0.3 is 15.1 Å². The number of rotatable bonds is 5. The highest BCUT2D eigenvalue weighted by Crippen LogP contribution is 2.02. The molecule has 0 atom stereocenters. The Bertz CT molecular complexity index is 304. The van der Waals surface area contributed by atoms with Crippen LogP contribution in [-0.2, 0) is 11.2 Å². The summed E-state index contributed by atoms with van der Waals surface area (Å²) in [5, 5.41) is 5.80. The number of hydrogen-bond acceptors (Lipinski definition) is 3. The molecule has 1 aromatic rings. The van der Waals surface area contributed by atoms with Crippen molar-refractivity contribution in [1.29, 1.82) is 0 Å². The molecule has 0 aromatic carbocycles. The van der Waals surface area contributed by atoms with Crippen LogP contribution < -0.4 is 10.6 Å². The molecule has 1 rings (SSSR count). The molecule has 0 saturated heterocycles. The third-order valence-corrected chi connectivity index (χ3v) is 2.43. The predicted octanol–water partition coefficient (Wildman–Crippen LogP) is 0.936. The van der Waals surface area contributed by atoms with Gasteiger partial charge in [0.2, 0.25) is 5.91 Å². The van der Waals surface area contributed by atoms with Crippen LogP contribution in [0.15, 0.2) is 22.8 Å². The Morgan fingerprint density at radius 3 is 2.80 bits per heavy atom. The van der Waals surface area contributed by atoms with E-state index in [2.05, 4.69) is 10.6 Å². The van der Waals surface area contributed by atoms with Crippen molar-refractivity contribution in [2.75, 3.05) is 13.6 Å². The minimum atomic E-state index is -0.525. The van der Waals surface area contributed by atoms with Crippen molar-refractivity contribution in [3.8, 4) is 0 Å². The molecule has 0 aliphatic rings. The molecule has 0 fully saturated rings. The fourth-order valence-electron chi connectivity index (χ4n) is 1.09. The van der Waals surface area contributed by atoms with Crippen LogP contribution in [0.4, 0.5) is 0 Å². The second-order valence-electron chi connectivity index (χ2n) is 3.96. The normalized spacial score (nSPS) is 11.4. The Hall–Kier alpha value is -1.29. The lowest BCUT2D eigenvalue weighted by atomic mass is 10.1. The predicted molar refractivity (Wildman–Crippen MR) is 58.6 cm³/mol. The van der Waals surface area contributed by atoms with Gasteiger partial charge in [0.15, 0.2) is 0 Å². The van der Waals surface area contributed by atoms with E-state index in [1.165, 1.54) is 0 Å². The van der Waals surface area contributed by atoms with Crippen molar-refractivity contribution in [2.45, 2.75) is 25.8 Å². The molecule has 1 aromatic heterocycles. The zero-order valence-electron chi connectivity index (χ0n) is 9.46. The van der Waals surface area contributed by atoms with E-state index in [-0.39, 0.29) is 5.91 Å². The fraction of sp³-hybridized carbons (Fsp3) is 0.545. The summed E-state index contributed by atoms with van der Waals surface area (Å²) in [4.78, 5) is 11.6. The van der Waals surface area contributed by atoms with Gasteiger partial charge in [0.25, 0.3) is 0 Å². The van der Waals surface area contributed by atoms with Crippen LogP contribution in [-0.4, -0.2) is 25.0 Å². The lowest BCUT2D eigenvalue weighted by Gasteiger charge is -2.22. The summed E-state index contributed by atoms with van der Waals surface area (Å²) in [6.45, 7) is 4.28. The number of carbonyl (C=O) groups is 1. The maximum absolute atomic E-state index is 11.6. The number of likely N-dealkylation sites (N-methyl/N-ethyl adjacent to an activating group) is 1. The van der Waals surface area contributed by atoms with Gasteiger partial charge >= 0.3 is 0 Å². The topological polar surface area (TPSA) is 54.3 Å². The van der Waals surface area contributed by atoms with Crippen molar-refractivity contribution in [1.82, 2.24) is 10.6 Å². The number of amides is 1. The van der Waals surface area contributed by atoms with Crippen LogP contribution in [0.1, 0.15) is 19.6 Å². The maximum atomic E-state index is 11.6. The second kappa shape index (κ2) is 4.98. The van der Waals surface area contributed by atoms with E-state index in [4.69, 9.17) is 4.42 Å². The SMILES string of the molecule is CNC(C)(C)C(=O)NCCc1ccco1. The Labute approximate surface area is 90.0 Å². The molecule has 84 valence electrons. The zero-order valence-corrected chi connectivity index (χ0v) is 9.46. The smallest absolute Gasteiger partial charge is 0.239 e. The molecule has 0 saturated carbocycles. The quantitative estimate of drug-likeness (QED) is 0.760. The molecule has 1 amide bonds. The van der Waals surface area contributed by atoms with Gasteiger partial charge in [0, 0.05) is 13.0 Å². The summed E-state index contributed by atoms with van der Waals surface area (Å²) in [7, 11) is 1.77. The van der Waals surface area contributed by atoms with E-state index in [1.807, 2.05) is 26.0 Å². The third kappa shape index (κ3) is 3.40. The summed E-state index contributed by atoms with van der Waals surface area (Å²) < 4.78 is 5.16. The molecular weight excluding hydrogens is 192 g/mol. The maximum Gasteiger partial charge on any atom is 0.239 e. The van der Waals surface area contributed by atoms with E-state index in [0.29, 0.717) is 6.54 Å². The largest absolute Gasteiger partial charge is 0.469 e. The fourth-order valence-corrected chi connectivity index (χ4v) is 1.09. The minimum absolute atomic E-state index is 0.00319. The number of hydrogen-bond donors (Lipinski definition) is 2. The Balaban J connectivity index is 2.29. The lowest BCUT2D eigenvalue weighted by Crippen LogP contribution is -2.51. The van der Waals surface area contributed by atoms with Crippen molar-refractivity contribution in [2.24, 2.45) is 0 Å². The third-order valence-electron chi connectivity index (χ3n) is 2.43. The summed E-state index contributed by atoms with van der Waals surface area (Å²) in [5.74, 6) is 0.883. The summed E-state index contributed by atoms with van der Waals surface area (Å²) in [6, 6.07) is 3.74. The highest BCUT2D eigenvalue weighted by molar-refractivity contribution is 5.85. The standard InChI is InChI=1S/C11H18N2O2/c1-11(2,12-3)10(14)13-7-6-9-5-4-8-15-9/h4-5,8,12H,6-7H2,1-3H3,(H,13,14). The first kappa shape index (κ1) is 11.8. The number of nitrogens with one attached hydrogen (secondary N) is 2. The van der Waals surface area contributed by atoms with E-state index in [1.54, 1.807) is 13.3 Å². The number of carbonyl (C=O) groups excluding carboxylic acids is 1. The lowest BCUT2D eigenvalue weighted by molar-refractivity contribution is -0.126. The van der Waals surface area contributed by atoms with Gasteiger partial charge in [-0.2, -0.15) is 0 Å². The summed E-state index contributed by atoms with van der Waals surface area (Å²) in [5.41, 5.74) is -0.525. The Kier molecular flexibility index (Phi) is 3.91. The first-order valence-electron chi connectivity index (χ1n) is 5.06. The van der Waals surface area contributed by atoms with Gasteiger partial charge in [-0.25, -0.2) is 0 Å². The Morgan fingerprint density at radius 2 is 2.27 bits per heavy atom. The highest BCUT2D eigenvalue weighted by Gasteiger charge is 2.24. The zero-order chi connectivity index (χ0) is 11.3. The Morgan fingerprint density at radius 1 is 1.53 bits per heavy atom. The summed E-state index contributed by atoms with van der Waals surface area (Å²) in [6.07, 6.45) is 2.35. The van der Waals surface area contributed by atoms with Gasteiger partial charge in [-0.3, -0.25) is 4.79 Å². The molecule has 0 aliphatic carbocycles. The first-order valence-corrected chi connectivity index (χ1v) is 5.06. The molecule has 2 N–H and O–H groups in total. The minimum Gasteiger partial charge on any atom is -0.469 e. The second-order valence-corrected chi connectivity index (χ2v) is 3.96.